The van der Waals surface area contributed by atoms with Gasteiger partial charge in [0.1, 0.15) is 12.4 Å². The topological polar surface area (TPSA) is 99.6 Å². The molecule has 34 heavy (non-hydrogen) atoms. The van der Waals surface area contributed by atoms with E-state index >= 15 is 0 Å². The number of aromatic nitrogens is 2. The third kappa shape index (κ3) is 5.04. The molecule has 0 aliphatic heterocycles. The largest absolute Gasteiger partial charge is 0.482 e. The van der Waals surface area contributed by atoms with Crippen LogP contribution in [-0.2, 0) is 13.0 Å². The van der Waals surface area contributed by atoms with Gasteiger partial charge in [-0.25, -0.2) is 4.98 Å². The molecular weight excluding hydrogens is 500 g/mol. The van der Waals surface area contributed by atoms with Gasteiger partial charge in [0.15, 0.2) is 5.75 Å². The standard InChI is InChI=1S/C25H21BrN4O4/c1-3-24-28-21-9-8-19(26)13-20(21)25(31)29(24)27-14-17-7-10-23(22(12-17)30(32)33)34-15-18-6-4-5-16(2)11-18/h4-14H,3,15H2,1-2H3. The predicted octanol–water partition coefficient (Wildman–Crippen LogP) is 5.40. The zero-order valence-corrected chi connectivity index (χ0v) is 20.2. The fourth-order valence-electron chi connectivity index (χ4n) is 3.51. The van der Waals surface area contributed by atoms with Crippen LogP contribution in [0.4, 0.5) is 5.69 Å². The summed E-state index contributed by atoms with van der Waals surface area (Å²) in [6, 6.07) is 17.6. The highest BCUT2D eigenvalue weighted by Gasteiger charge is 2.16. The third-order valence-corrected chi connectivity index (χ3v) is 5.66. The van der Waals surface area contributed by atoms with Gasteiger partial charge in [0.05, 0.1) is 22.0 Å². The highest BCUT2D eigenvalue weighted by atomic mass is 79.9. The van der Waals surface area contributed by atoms with E-state index in [0.717, 1.165) is 15.6 Å². The Morgan fingerprint density at radius 1 is 1.18 bits per heavy atom. The van der Waals surface area contributed by atoms with E-state index in [-0.39, 0.29) is 23.6 Å². The van der Waals surface area contributed by atoms with Crippen LogP contribution < -0.4 is 10.3 Å². The first-order valence-corrected chi connectivity index (χ1v) is 11.4. The summed E-state index contributed by atoms with van der Waals surface area (Å²) in [5, 5.41) is 16.4. The Morgan fingerprint density at radius 3 is 2.74 bits per heavy atom. The number of halogens is 1. The molecule has 0 atom stereocenters. The van der Waals surface area contributed by atoms with Gasteiger partial charge in [-0.05, 0) is 42.8 Å². The first-order valence-electron chi connectivity index (χ1n) is 10.6. The van der Waals surface area contributed by atoms with E-state index in [1.165, 1.54) is 23.0 Å². The monoisotopic (exact) mass is 520 g/mol. The van der Waals surface area contributed by atoms with Gasteiger partial charge in [-0.1, -0.05) is 52.7 Å². The molecule has 0 amide bonds. The smallest absolute Gasteiger partial charge is 0.311 e. The van der Waals surface area contributed by atoms with Crippen molar-refractivity contribution in [2.75, 3.05) is 0 Å². The summed E-state index contributed by atoms with van der Waals surface area (Å²) in [6.07, 6.45) is 1.90. The number of nitro benzene ring substituents is 1. The van der Waals surface area contributed by atoms with Crippen LogP contribution in [0.2, 0.25) is 0 Å². The fraction of sp³-hybridized carbons (Fsp3) is 0.160. The fourth-order valence-corrected chi connectivity index (χ4v) is 3.87. The van der Waals surface area contributed by atoms with Gasteiger partial charge in [0.25, 0.3) is 5.56 Å². The molecule has 0 saturated heterocycles. The SMILES string of the molecule is CCc1nc2ccc(Br)cc2c(=O)n1N=Cc1ccc(OCc2cccc(C)c2)c([N+](=O)[O-])c1. The summed E-state index contributed by atoms with van der Waals surface area (Å²) in [7, 11) is 0. The van der Waals surface area contributed by atoms with Gasteiger partial charge in [-0.2, -0.15) is 9.78 Å². The molecule has 1 aromatic heterocycles. The summed E-state index contributed by atoms with van der Waals surface area (Å²) in [6.45, 7) is 4.06. The maximum absolute atomic E-state index is 13.0. The second-order valence-electron chi connectivity index (χ2n) is 7.67. The molecule has 0 aliphatic rings. The molecular formula is C25H21BrN4O4. The van der Waals surface area contributed by atoms with Crippen molar-refractivity contribution < 1.29 is 9.66 Å². The van der Waals surface area contributed by atoms with Crippen LogP contribution in [-0.4, -0.2) is 20.8 Å². The quantitative estimate of drug-likeness (QED) is 0.184. The molecule has 0 radical (unpaired) electrons. The van der Waals surface area contributed by atoms with Crippen LogP contribution in [0.15, 0.2) is 75.0 Å². The van der Waals surface area contributed by atoms with E-state index in [4.69, 9.17) is 4.74 Å². The van der Waals surface area contributed by atoms with Crippen molar-refractivity contribution in [1.82, 2.24) is 9.66 Å². The van der Waals surface area contributed by atoms with Crippen LogP contribution >= 0.6 is 15.9 Å². The van der Waals surface area contributed by atoms with Crippen molar-refractivity contribution in [1.29, 1.82) is 0 Å². The summed E-state index contributed by atoms with van der Waals surface area (Å²) in [5.41, 5.74) is 2.55. The molecule has 0 unspecified atom stereocenters. The van der Waals surface area contributed by atoms with Gasteiger partial charge in [0, 0.05) is 22.5 Å². The van der Waals surface area contributed by atoms with E-state index < -0.39 is 4.92 Å². The minimum Gasteiger partial charge on any atom is -0.482 e. The maximum Gasteiger partial charge on any atom is 0.311 e. The molecule has 3 aromatic carbocycles. The maximum atomic E-state index is 13.0. The molecule has 0 spiro atoms. The van der Waals surface area contributed by atoms with Crippen molar-refractivity contribution >= 4 is 38.7 Å². The van der Waals surface area contributed by atoms with Crippen molar-refractivity contribution in [3.05, 3.63) is 108 Å². The van der Waals surface area contributed by atoms with Crippen LogP contribution in [0.3, 0.4) is 0 Å². The lowest BCUT2D eigenvalue weighted by Crippen LogP contribution is -2.22. The van der Waals surface area contributed by atoms with Gasteiger partial charge in [0.2, 0.25) is 0 Å². The van der Waals surface area contributed by atoms with Gasteiger partial charge < -0.3 is 4.74 Å². The average molecular weight is 521 g/mol. The van der Waals surface area contributed by atoms with Crippen LogP contribution in [0.1, 0.15) is 29.4 Å². The number of hydrogen-bond acceptors (Lipinski definition) is 6. The van der Waals surface area contributed by atoms with E-state index in [0.29, 0.717) is 28.7 Å². The first kappa shape index (κ1) is 23.3. The number of aryl methyl sites for hydroxylation is 2. The normalized spacial score (nSPS) is 11.3. The first-order chi connectivity index (χ1) is 16.4. The zero-order valence-electron chi connectivity index (χ0n) is 18.6. The minimum atomic E-state index is -0.498. The van der Waals surface area contributed by atoms with Crippen molar-refractivity contribution in [3.63, 3.8) is 0 Å². The van der Waals surface area contributed by atoms with Gasteiger partial charge in [-0.15, -0.1) is 0 Å². The highest BCUT2D eigenvalue weighted by Crippen LogP contribution is 2.28. The van der Waals surface area contributed by atoms with E-state index in [9.17, 15) is 14.9 Å². The number of nitrogens with zero attached hydrogens (tertiary/aromatic N) is 4. The van der Waals surface area contributed by atoms with Crippen molar-refractivity contribution in [2.45, 2.75) is 26.9 Å². The zero-order chi connectivity index (χ0) is 24.2. The van der Waals surface area contributed by atoms with Gasteiger partial charge in [-0.3, -0.25) is 14.9 Å². The molecule has 0 N–H and O–H groups in total. The lowest BCUT2D eigenvalue weighted by atomic mass is 10.1. The van der Waals surface area contributed by atoms with E-state index in [1.807, 2.05) is 44.2 Å². The lowest BCUT2D eigenvalue weighted by Gasteiger charge is -2.09. The number of ether oxygens (including phenoxy) is 1. The van der Waals surface area contributed by atoms with Gasteiger partial charge >= 0.3 is 5.69 Å². The van der Waals surface area contributed by atoms with Crippen LogP contribution in [0.25, 0.3) is 10.9 Å². The minimum absolute atomic E-state index is 0.160. The molecule has 4 aromatic rings. The Labute approximate surface area is 203 Å². The molecule has 0 bridgehead atoms. The molecule has 0 fully saturated rings. The number of nitro groups is 1. The molecule has 0 aliphatic carbocycles. The summed E-state index contributed by atoms with van der Waals surface area (Å²) < 4.78 is 7.70. The Bertz CT molecular complexity index is 1480. The Morgan fingerprint density at radius 2 is 2.00 bits per heavy atom. The van der Waals surface area contributed by atoms with E-state index in [2.05, 4.69) is 26.0 Å². The number of benzene rings is 3. The molecule has 8 nitrogen and oxygen atoms in total. The second kappa shape index (κ2) is 9.96. The molecule has 172 valence electrons. The van der Waals surface area contributed by atoms with Crippen molar-refractivity contribution in [3.8, 4) is 5.75 Å². The number of fused-ring (bicyclic) bond motifs is 1. The Hall–Kier alpha value is -3.85. The van der Waals surface area contributed by atoms with Crippen LogP contribution in [0.5, 0.6) is 5.75 Å². The lowest BCUT2D eigenvalue weighted by molar-refractivity contribution is -0.385. The Balaban J connectivity index is 1.65. The number of rotatable bonds is 7. The predicted molar refractivity (Wildman–Crippen MR) is 135 cm³/mol. The van der Waals surface area contributed by atoms with Crippen molar-refractivity contribution in [2.24, 2.45) is 5.10 Å². The average Bonchev–Trinajstić information content (AvgIpc) is 2.82. The van der Waals surface area contributed by atoms with Crippen LogP contribution in [0, 0.1) is 17.0 Å². The molecule has 4 rings (SSSR count). The number of hydrogen-bond donors (Lipinski definition) is 0. The highest BCUT2D eigenvalue weighted by molar-refractivity contribution is 9.10. The Kier molecular flexibility index (Phi) is 6.83. The summed E-state index contributed by atoms with van der Waals surface area (Å²) >= 11 is 3.37. The molecule has 0 saturated carbocycles. The third-order valence-electron chi connectivity index (χ3n) is 5.17. The summed E-state index contributed by atoms with van der Waals surface area (Å²) in [5.74, 6) is 0.649. The molecule has 1 heterocycles. The summed E-state index contributed by atoms with van der Waals surface area (Å²) in [4.78, 5) is 28.7. The molecule has 9 heteroatoms. The van der Waals surface area contributed by atoms with E-state index in [1.54, 1.807) is 18.2 Å². The second-order valence-corrected chi connectivity index (χ2v) is 8.58.